The molecular weight excluding hydrogens is 206 g/mol. The topological polar surface area (TPSA) is 40.9 Å². The van der Waals surface area contributed by atoms with Crippen LogP contribution in [0.5, 0.6) is 0 Å². The van der Waals surface area contributed by atoms with Crippen molar-refractivity contribution in [1.29, 1.82) is 5.26 Å². The lowest BCUT2D eigenvalue weighted by molar-refractivity contribution is 0.679. The van der Waals surface area contributed by atoms with Crippen molar-refractivity contribution in [2.45, 2.75) is 31.8 Å². The first-order chi connectivity index (χ1) is 7.02. The van der Waals surface area contributed by atoms with Crippen molar-refractivity contribution in [2.24, 2.45) is 0 Å². The third kappa shape index (κ3) is 3.49. The van der Waals surface area contributed by atoms with Crippen LogP contribution in [0.1, 0.15) is 23.6 Å². The Bertz CT molecular complexity index is 400. The van der Waals surface area contributed by atoms with E-state index < -0.39 is 16.0 Å². The Morgan fingerprint density at radius 1 is 1.33 bits per heavy atom. The van der Waals surface area contributed by atoms with Gasteiger partial charge in [-0.1, -0.05) is 29.3 Å². The molecule has 2 atom stereocenters. The van der Waals surface area contributed by atoms with Crippen molar-refractivity contribution in [2.75, 3.05) is 0 Å². The molecule has 1 aromatic rings. The molecule has 0 saturated heterocycles. The smallest absolute Gasteiger partial charge is 0.119 e. The van der Waals surface area contributed by atoms with E-state index in [0.29, 0.717) is 5.75 Å². The van der Waals surface area contributed by atoms with E-state index in [4.69, 9.17) is 5.26 Å². The Labute approximate surface area is 93.4 Å². The van der Waals surface area contributed by atoms with Crippen LogP contribution in [0.25, 0.3) is 0 Å². The Morgan fingerprint density at radius 3 is 2.33 bits per heavy atom. The van der Waals surface area contributed by atoms with Crippen molar-refractivity contribution >= 4 is 10.8 Å². The predicted molar refractivity (Wildman–Crippen MR) is 62.8 cm³/mol. The first kappa shape index (κ1) is 11.9. The molecule has 0 radical (unpaired) electrons. The lowest BCUT2D eigenvalue weighted by atomic mass is 10.1. The zero-order valence-electron chi connectivity index (χ0n) is 9.28. The van der Waals surface area contributed by atoms with Gasteiger partial charge < -0.3 is 0 Å². The van der Waals surface area contributed by atoms with Gasteiger partial charge in [-0.05, 0) is 26.3 Å². The maximum absolute atomic E-state index is 11.7. The number of nitrogens with zero attached hydrogens (tertiary/aromatic N) is 1. The molecular formula is C12H15NOS. The fourth-order valence-electron chi connectivity index (χ4n) is 1.50. The Hall–Kier alpha value is -1.14. The highest BCUT2D eigenvalue weighted by atomic mass is 32.2. The molecule has 15 heavy (non-hydrogen) atoms. The summed E-state index contributed by atoms with van der Waals surface area (Å²) in [5.41, 5.74) is 3.39. The van der Waals surface area contributed by atoms with E-state index in [1.165, 1.54) is 11.1 Å². The van der Waals surface area contributed by atoms with Gasteiger partial charge in [0.15, 0.2) is 0 Å². The van der Waals surface area contributed by atoms with Crippen LogP contribution in [0.3, 0.4) is 0 Å². The Balaban J connectivity index is 2.82. The fraction of sp³-hybridized carbons (Fsp3) is 0.417. The minimum absolute atomic E-state index is 0.397. The molecule has 0 aromatic heterocycles. The van der Waals surface area contributed by atoms with Crippen LogP contribution >= 0.6 is 0 Å². The highest BCUT2D eigenvalue weighted by Gasteiger charge is 2.10. The molecule has 0 bridgehead atoms. The van der Waals surface area contributed by atoms with Crippen molar-refractivity contribution in [3.8, 4) is 6.07 Å². The number of aryl methyl sites for hydroxylation is 2. The van der Waals surface area contributed by atoms with Crippen LogP contribution < -0.4 is 0 Å². The van der Waals surface area contributed by atoms with Crippen LogP contribution in [0.2, 0.25) is 0 Å². The van der Waals surface area contributed by atoms with Crippen LogP contribution in [-0.2, 0) is 16.6 Å². The van der Waals surface area contributed by atoms with Crippen molar-refractivity contribution in [1.82, 2.24) is 0 Å². The summed E-state index contributed by atoms with van der Waals surface area (Å²) in [7, 11) is -1.09. The van der Waals surface area contributed by atoms with E-state index in [0.717, 1.165) is 5.56 Å². The molecule has 1 rings (SSSR count). The molecule has 2 unspecified atom stereocenters. The summed E-state index contributed by atoms with van der Waals surface area (Å²) in [6.07, 6.45) is 0. The molecule has 0 aliphatic rings. The van der Waals surface area contributed by atoms with Gasteiger partial charge in [-0.2, -0.15) is 5.26 Å². The summed E-state index contributed by atoms with van der Waals surface area (Å²) in [5.74, 6) is 0.469. The molecule has 0 aliphatic carbocycles. The van der Waals surface area contributed by atoms with Crippen molar-refractivity contribution in [3.63, 3.8) is 0 Å². The maximum atomic E-state index is 11.7. The van der Waals surface area contributed by atoms with Gasteiger partial charge in [0.05, 0.1) is 6.07 Å². The van der Waals surface area contributed by atoms with Crippen LogP contribution in [-0.4, -0.2) is 9.46 Å². The van der Waals surface area contributed by atoms with E-state index in [9.17, 15) is 4.21 Å². The fourth-order valence-corrected chi connectivity index (χ4v) is 2.36. The van der Waals surface area contributed by atoms with E-state index >= 15 is 0 Å². The van der Waals surface area contributed by atoms with Gasteiger partial charge in [0.25, 0.3) is 0 Å². The summed E-state index contributed by atoms with van der Waals surface area (Å²) in [4.78, 5) is 0. The molecule has 0 heterocycles. The largest absolute Gasteiger partial charge is 0.258 e. The SMILES string of the molecule is Cc1cc(C)cc(CS(=O)C(C)C#N)c1. The van der Waals surface area contributed by atoms with Gasteiger partial charge in [0.1, 0.15) is 5.25 Å². The van der Waals surface area contributed by atoms with E-state index in [-0.39, 0.29) is 0 Å². The number of benzene rings is 1. The molecule has 0 N–H and O–H groups in total. The van der Waals surface area contributed by atoms with Gasteiger partial charge in [-0.15, -0.1) is 0 Å². The second-order valence-corrected chi connectivity index (χ2v) is 5.55. The first-order valence-electron chi connectivity index (χ1n) is 4.87. The van der Waals surface area contributed by atoms with E-state index in [1.807, 2.05) is 32.0 Å². The second kappa shape index (κ2) is 5.09. The van der Waals surface area contributed by atoms with Crippen molar-refractivity contribution < 1.29 is 4.21 Å². The molecule has 0 amide bonds. The standard InChI is InChI=1S/C12H15NOS/c1-9-4-10(2)6-12(5-9)8-15(14)11(3)7-13/h4-6,11H,8H2,1-3H3. The number of hydrogen-bond donors (Lipinski definition) is 0. The van der Waals surface area contributed by atoms with Gasteiger partial charge in [0.2, 0.25) is 0 Å². The molecule has 2 nitrogen and oxygen atoms in total. The average Bonchev–Trinajstić information content (AvgIpc) is 2.14. The van der Waals surface area contributed by atoms with Crippen LogP contribution in [0, 0.1) is 25.2 Å². The second-order valence-electron chi connectivity index (χ2n) is 3.79. The lowest BCUT2D eigenvalue weighted by Crippen LogP contribution is -2.10. The highest BCUT2D eigenvalue weighted by molar-refractivity contribution is 7.85. The Kier molecular flexibility index (Phi) is 4.05. The molecule has 0 fully saturated rings. The van der Waals surface area contributed by atoms with Crippen LogP contribution in [0.4, 0.5) is 0 Å². The van der Waals surface area contributed by atoms with Gasteiger partial charge >= 0.3 is 0 Å². The highest BCUT2D eigenvalue weighted by Crippen LogP contribution is 2.12. The number of nitriles is 1. The predicted octanol–water partition coefficient (Wildman–Crippen LogP) is 2.46. The van der Waals surface area contributed by atoms with Crippen LogP contribution in [0.15, 0.2) is 18.2 Å². The minimum Gasteiger partial charge on any atom is -0.258 e. The third-order valence-electron chi connectivity index (χ3n) is 2.17. The monoisotopic (exact) mass is 221 g/mol. The Morgan fingerprint density at radius 2 is 1.87 bits per heavy atom. The molecule has 3 heteroatoms. The summed E-state index contributed by atoms with van der Waals surface area (Å²) in [6.45, 7) is 5.74. The molecule has 0 aliphatic heterocycles. The number of hydrogen-bond acceptors (Lipinski definition) is 2. The summed E-state index contributed by atoms with van der Waals surface area (Å²) >= 11 is 0. The van der Waals surface area contributed by atoms with E-state index in [1.54, 1.807) is 6.92 Å². The number of rotatable bonds is 3. The zero-order chi connectivity index (χ0) is 11.4. The van der Waals surface area contributed by atoms with E-state index in [2.05, 4.69) is 6.07 Å². The van der Waals surface area contributed by atoms with Gasteiger partial charge in [-0.3, -0.25) is 4.21 Å². The maximum Gasteiger partial charge on any atom is 0.119 e. The first-order valence-corrected chi connectivity index (χ1v) is 6.25. The molecule has 1 aromatic carbocycles. The average molecular weight is 221 g/mol. The quantitative estimate of drug-likeness (QED) is 0.786. The summed E-state index contributed by atoms with van der Waals surface area (Å²) < 4.78 is 11.7. The van der Waals surface area contributed by atoms with Gasteiger partial charge in [-0.25, -0.2) is 0 Å². The van der Waals surface area contributed by atoms with Crippen molar-refractivity contribution in [3.05, 3.63) is 34.9 Å². The third-order valence-corrected chi connectivity index (χ3v) is 3.68. The molecule has 0 spiro atoms. The van der Waals surface area contributed by atoms with Gasteiger partial charge in [0, 0.05) is 16.6 Å². The zero-order valence-corrected chi connectivity index (χ0v) is 10.1. The summed E-state index contributed by atoms with van der Waals surface area (Å²) in [6, 6.07) is 8.14. The normalized spacial score (nSPS) is 14.3. The lowest BCUT2D eigenvalue weighted by Gasteiger charge is -2.06. The molecule has 0 saturated carbocycles. The summed E-state index contributed by atoms with van der Waals surface area (Å²) in [5, 5.41) is 8.25. The minimum atomic E-state index is -1.09. The molecule has 80 valence electrons.